The van der Waals surface area contributed by atoms with Gasteiger partial charge in [0.2, 0.25) is 0 Å². The van der Waals surface area contributed by atoms with Crippen LogP contribution in [0.3, 0.4) is 0 Å². The van der Waals surface area contributed by atoms with Gasteiger partial charge in [-0.25, -0.2) is 4.79 Å². The fourth-order valence-corrected chi connectivity index (χ4v) is 2.03. The van der Waals surface area contributed by atoms with Gasteiger partial charge in [-0.3, -0.25) is 4.18 Å². The van der Waals surface area contributed by atoms with Crippen molar-refractivity contribution in [3.63, 3.8) is 0 Å². The van der Waals surface area contributed by atoms with E-state index in [-0.39, 0.29) is 17.1 Å². The molecular formula is C11H12O5S. The van der Waals surface area contributed by atoms with Crippen molar-refractivity contribution in [2.75, 3.05) is 13.7 Å². The van der Waals surface area contributed by atoms with Gasteiger partial charge in [-0.15, -0.1) is 6.58 Å². The molecular weight excluding hydrogens is 244 g/mol. The molecule has 1 aromatic carbocycles. The smallest absolute Gasteiger partial charge is 0.337 e. The summed E-state index contributed by atoms with van der Waals surface area (Å²) in [6.45, 7) is 3.23. The van der Waals surface area contributed by atoms with Crippen molar-refractivity contribution in [3.8, 4) is 0 Å². The summed E-state index contributed by atoms with van der Waals surface area (Å²) in [7, 11) is -2.65. The lowest BCUT2D eigenvalue weighted by Gasteiger charge is -2.05. The van der Waals surface area contributed by atoms with Crippen LogP contribution in [0.1, 0.15) is 10.4 Å². The summed E-state index contributed by atoms with van der Waals surface area (Å²) in [6, 6.07) is 5.43. The summed E-state index contributed by atoms with van der Waals surface area (Å²) >= 11 is 0. The van der Waals surface area contributed by atoms with Crippen molar-refractivity contribution < 1.29 is 22.1 Å². The Labute approximate surface area is 99.8 Å². The molecule has 0 radical (unpaired) electrons. The summed E-state index contributed by atoms with van der Waals surface area (Å²) < 4.78 is 32.4. The molecule has 0 aromatic heterocycles. The molecule has 0 atom stereocenters. The number of hydrogen-bond acceptors (Lipinski definition) is 5. The molecule has 1 rings (SSSR count). The Balaban J connectivity index is 3.07. The van der Waals surface area contributed by atoms with E-state index in [1.54, 1.807) is 0 Å². The maximum absolute atomic E-state index is 11.6. The van der Waals surface area contributed by atoms with Crippen LogP contribution in [0.5, 0.6) is 0 Å². The van der Waals surface area contributed by atoms with Crippen LogP contribution >= 0.6 is 0 Å². The second kappa shape index (κ2) is 5.60. The predicted molar refractivity (Wildman–Crippen MR) is 61.1 cm³/mol. The highest BCUT2D eigenvalue weighted by Crippen LogP contribution is 2.14. The lowest BCUT2D eigenvalue weighted by molar-refractivity contribution is 0.0600. The molecule has 17 heavy (non-hydrogen) atoms. The summed E-state index contributed by atoms with van der Waals surface area (Å²) in [5.74, 6) is -0.606. The number of esters is 1. The number of benzene rings is 1. The van der Waals surface area contributed by atoms with Gasteiger partial charge in [0.15, 0.2) is 0 Å². The standard InChI is InChI=1S/C11H12O5S/c1-3-7-16-17(13,14)10-6-4-5-9(8-10)11(12)15-2/h3-6,8H,1,7H2,2H3. The molecule has 92 valence electrons. The predicted octanol–water partition coefficient (Wildman–Crippen LogP) is 1.36. The van der Waals surface area contributed by atoms with Crippen LogP contribution in [0.25, 0.3) is 0 Å². The van der Waals surface area contributed by atoms with E-state index < -0.39 is 16.1 Å². The normalized spacial score (nSPS) is 10.9. The van der Waals surface area contributed by atoms with Crippen LogP contribution in [-0.2, 0) is 19.0 Å². The van der Waals surface area contributed by atoms with E-state index in [2.05, 4.69) is 15.5 Å². The van der Waals surface area contributed by atoms with Gasteiger partial charge in [0.1, 0.15) is 0 Å². The molecule has 6 heteroatoms. The average molecular weight is 256 g/mol. The molecule has 0 saturated carbocycles. The Bertz CT molecular complexity index is 518. The summed E-state index contributed by atoms with van der Waals surface area (Å²) in [5, 5.41) is 0. The van der Waals surface area contributed by atoms with E-state index in [9.17, 15) is 13.2 Å². The van der Waals surface area contributed by atoms with Crippen LogP contribution in [0.15, 0.2) is 41.8 Å². The van der Waals surface area contributed by atoms with Crippen LogP contribution in [0.4, 0.5) is 0 Å². The minimum Gasteiger partial charge on any atom is -0.465 e. The maximum atomic E-state index is 11.6. The molecule has 0 amide bonds. The first kappa shape index (κ1) is 13.4. The number of hydrogen-bond donors (Lipinski definition) is 0. The Kier molecular flexibility index (Phi) is 4.42. The fraction of sp³-hybridized carbons (Fsp3) is 0.182. The van der Waals surface area contributed by atoms with Gasteiger partial charge in [-0.1, -0.05) is 12.1 Å². The Hall–Kier alpha value is -1.66. The van der Waals surface area contributed by atoms with E-state index >= 15 is 0 Å². The molecule has 0 heterocycles. The summed E-state index contributed by atoms with van der Waals surface area (Å²) in [4.78, 5) is 11.1. The van der Waals surface area contributed by atoms with Crippen molar-refractivity contribution in [2.24, 2.45) is 0 Å². The molecule has 0 fully saturated rings. The molecule has 0 unspecified atom stereocenters. The van der Waals surface area contributed by atoms with Crippen LogP contribution in [0, 0.1) is 0 Å². The molecule has 0 saturated heterocycles. The topological polar surface area (TPSA) is 69.7 Å². The lowest BCUT2D eigenvalue weighted by Crippen LogP contribution is -2.08. The van der Waals surface area contributed by atoms with Crippen LogP contribution < -0.4 is 0 Å². The number of ether oxygens (including phenoxy) is 1. The third-order valence-electron chi connectivity index (χ3n) is 1.88. The fourth-order valence-electron chi connectivity index (χ4n) is 1.10. The summed E-state index contributed by atoms with van der Waals surface area (Å²) in [5.41, 5.74) is 0.149. The third kappa shape index (κ3) is 3.40. The second-order valence-electron chi connectivity index (χ2n) is 3.05. The van der Waals surface area contributed by atoms with E-state index in [1.165, 1.54) is 37.5 Å². The molecule has 0 spiro atoms. The molecule has 0 aliphatic heterocycles. The number of carbonyl (C=O) groups excluding carboxylic acids is 1. The first-order chi connectivity index (χ1) is 8.01. The first-order valence-corrected chi connectivity index (χ1v) is 6.11. The van der Waals surface area contributed by atoms with Gasteiger partial charge >= 0.3 is 5.97 Å². The molecule has 0 N–H and O–H groups in total. The van der Waals surface area contributed by atoms with Crippen molar-refractivity contribution in [1.82, 2.24) is 0 Å². The quantitative estimate of drug-likeness (QED) is 0.452. The van der Waals surface area contributed by atoms with Gasteiger partial charge in [0.25, 0.3) is 10.1 Å². The van der Waals surface area contributed by atoms with Crippen molar-refractivity contribution in [2.45, 2.75) is 4.90 Å². The highest BCUT2D eigenvalue weighted by molar-refractivity contribution is 7.86. The second-order valence-corrected chi connectivity index (χ2v) is 4.66. The highest BCUT2D eigenvalue weighted by Gasteiger charge is 2.16. The van der Waals surface area contributed by atoms with E-state index in [0.29, 0.717) is 0 Å². The van der Waals surface area contributed by atoms with Gasteiger partial charge in [0, 0.05) is 0 Å². The van der Waals surface area contributed by atoms with Crippen LogP contribution in [-0.4, -0.2) is 28.1 Å². The Morgan fingerprint density at radius 3 is 2.76 bits per heavy atom. The van der Waals surface area contributed by atoms with E-state index in [1.807, 2.05) is 0 Å². The minimum atomic E-state index is -3.87. The van der Waals surface area contributed by atoms with Crippen molar-refractivity contribution >= 4 is 16.1 Å². The lowest BCUT2D eigenvalue weighted by atomic mass is 10.2. The Morgan fingerprint density at radius 2 is 2.18 bits per heavy atom. The largest absolute Gasteiger partial charge is 0.465 e. The van der Waals surface area contributed by atoms with Gasteiger partial charge in [-0.2, -0.15) is 8.42 Å². The minimum absolute atomic E-state index is 0.0951. The van der Waals surface area contributed by atoms with Crippen LogP contribution in [0.2, 0.25) is 0 Å². The van der Waals surface area contributed by atoms with E-state index in [0.717, 1.165) is 0 Å². The first-order valence-electron chi connectivity index (χ1n) is 4.70. The molecule has 0 aliphatic carbocycles. The van der Waals surface area contributed by atoms with Gasteiger partial charge in [0.05, 0.1) is 24.2 Å². The molecule has 5 nitrogen and oxygen atoms in total. The monoisotopic (exact) mass is 256 g/mol. The van der Waals surface area contributed by atoms with Crippen molar-refractivity contribution in [3.05, 3.63) is 42.5 Å². The SMILES string of the molecule is C=CCOS(=O)(=O)c1cccc(C(=O)OC)c1. The van der Waals surface area contributed by atoms with Crippen molar-refractivity contribution in [1.29, 1.82) is 0 Å². The molecule has 1 aromatic rings. The molecule has 0 aliphatic rings. The third-order valence-corrected chi connectivity index (χ3v) is 3.16. The zero-order valence-electron chi connectivity index (χ0n) is 9.25. The summed E-state index contributed by atoms with van der Waals surface area (Å²) in [6.07, 6.45) is 1.32. The van der Waals surface area contributed by atoms with Gasteiger partial charge < -0.3 is 4.74 Å². The highest BCUT2D eigenvalue weighted by atomic mass is 32.2. The number of carbonyl (C=O) groups is 1. The zero-order chi connectivity index (χ0) is 12.9. The number of rotatable bonds is 5. The number of methoxy groups -OCH3 is 1. The zero-order valence-corrected chi connectivity index (χ0v) is 10.1. The van der Waals surface area contributed by atoms with E-state index in [4.69, 9.17) is 0 Å². The van der Waals surface area contributed by atoms with Gasteiger partial charge in [-0.05, 0) is 18.2 Å². The Morgan fingerprint density at radius 1 is 1.47 bits per heavy atom. The maximum Gasteiger partial charge on any atom is 0.337 e. The molecule has 0 bridgehead atoms. The average Bonchev–Trinajstić information content (AvgIpc) is 2.35.